The molecular formula is C25H21BrCl2N5O3+. The maximum atomic E-state index is 13.2. The molecule has 1 aliphatic carbocycles. The molecule has 0 unspecified atom stereocenters. The van der Waals surface area contributed by atoms with Crippen LogP contribution in [0.2, 0.25) is 10.0 Å². The van der Waals surface area contributed by atoms with E-state index >= 15 is 0 Å². The maximum absolute atomic E-state index is 13.2. The second kappa shape index (κ2) is 10.1. The van der Waals surface area contributed by atoms with Gasteiger partial charge in [0.2, 0.25) is 0 Å². The number of carbonyl (C=O) groups is 2. The normalized spacial score (nSPS) is 13.1. The second-order valence-electron chi connectivity index (χ2n) is 8.55. The molecule has 0 aliphatic heterocycles. The van der Waals surface area contributed by atoms with Crippen molar-refractivity contribution in [3.05, 3.63) is 86.2 Å². The number of hydrogen-bond acceptors (Lipinski definition) is 5. The Hall–Kier alpha value is -3.14. The lowest BCUT2D eigenvalue weighted by molar-refractivity contribution is -0.521. The molecule has 5 rings (SSSR count). The highest BCUT2D eigenvalue weighted by Crippen LogP contribution is 2.36. The number of hydrogen-bond donors (Lipinski definition) is 2. The van der Waals surface area contributed by atoms with E-state index in [1.807, 2.05) is 30.3 Å². The lowest BCUT2D eigenvalue weighted by Crippen LogP contribution is -2.30. The first-order valence-electron chi connectivity index (χ1n) is 11.2. The minimum Gasteiger partial charge on any atom is -0.462 e. The first-order chi connectivity index (χ1) is 17.3. The molecule has 36 heavy (non-hydrogen) atoms. The first kappa shape index (κ1) is 24.5. The van der Waals surface area contributed by atoms with Crippen LogP contribution in [-0.2, 0) is 11.2 Å². The largest absolute Gasteiger partial charge is 0.462 e. The van der Waals surface area contributed by atoms with E-state index in [0.717, 1.165) is 27.6 Å². The number of pyridine rings is 1. The van der Waals surface area contributed by atoms with E-state index in [4.69, 9.17) is 33.7 Å². The number of halogens is 3. The Morgan fingerprint density at radius 3 is 2.61 bits per heavy atom. The van der Waals surface area contributed by atoms with Gasteiger partial charge in [-0.05, 0) is 47.2 Å². The standard InChI is InChI=1S/C25H20BrCl2N5O3/c26-16-8-9-19(18(27)11-16)30-22-17(24(34)36-13-15-6-7-15)12-32-20(10-14-4-2-1-3-5-14)31-33(25(29)35)23(32)21(22)28/h1-5,8-9,11-12,15H,6-7,10,13H2,(H2,29,35)/p+1. The van der Waals surface area contributed by atoms with Crippen LogP contribution >= 0.6 is 39.1 Å². The zero-order chi connectivity index (χ0) is 25.4. The van der Waals surface area contributed by atoms with Gasteiger partial charge in [-0.2, -0.15) is 4.40 Å². The van der Waals surface area contributed by atoms with E-state index in [0.29, 0.717) is 35.5 Å². The summed E-state index contributed by atoms with van der Waals surface area (Å²) in [6.45, 7) is 0.328. The van der Waals surface area contributed by atoms with E-state index in [1.165, 1.54) is 0 Å². The van der Waals surface area contributed by atoms with Crippen LogP contribution in [0.25, 0.3) is 5.65 Å². The van der Waals surface area contributed by atoms with Crippen molar-refractivity contribution in [2.75, 3.05) is 11.9 Å². The Labute approximate surface area is 225 Å². The molecule has 1 amide bonds. The quantitative estimate of drug-likeness (QED) is 0.218. The first-order valence-corrected chi connectivity index (χ1v) is 12.8. The SMILES string of the molecule is NC(=O)n1nc(Cc2ccccc2)[n+]2cc(C(=O)OCC3CC3)c(Nc3ccc(Br)cc3Cl)c(Cl)c12. The van der Waals surface area contributed by atoms with Gasteiger partial charge in [0, 0.05) is 4.47 Å². The van der Waals surface area contributed by atoms with Crippen molar-refractivity contribution >= 4 is 68.2 Å². The molecule has 0 radical (unpaired) electrons. The number of nitrogens with one attached hydrogen (secondary N) is 1. The minimum atomic E-state index is -0.814. The lowest BCUT2D eigenvalue weighted by Gasteiger charge is -2.14. The number of carbonyl (C=O) groups excluding carboxylic acids is 2. The molecule has 0 spiro atoms. The molecule has 2 heterocycles. The van der Waals surface area contributed by atoms with Crippen molar-refractivity contribution in [1.29, 1.82) is 0 Å². The Morgan fingerprint density at radius 2 is 1.94 bits per heavy atom. The minimum absolute atomic E-state index is 0.0699. The summed E-state index contributed by atoms with van der Waals surface area (Å²) < 4.78 is 9.00. The Kier molecular flexibility index (Phi) is 6.87. The molecule has 1 fully saturated rings. The number of nitrogens with zero attached hydrogens (tertiary/aromatic N) is 3. The van der Waals surface area contributed by atoms with Crippen LogP contribution in [-0.4, -0.2) is 28.4 Å². The monoisotopic (exact) mass is 588 g/mol. The number of esters is 1. The van der Waals surface area contributed by atoms with Crippen LogP contribution in [0, 0.1) is 5.92 Å². The van der Waals surface area contributed by atoms with Crippen LogP contribution in [0.3, 0.4) is 0 Å². The van der Waals surface area contributed by atoms with E-state index in [1.54, 1.807) is 28.8 Å². The summed E-state index contributed by atoms with van der Waals surface area (Å²) in [5.74, 6) is 0.303. The molecule has 1 saturated carbocycles. The molecule has 0 saturated heterocycles. The van der Waals surface area contributed by atoms with Crippen LogP contribution in [0.1, 0.15) is 34.6 Å². The summed E-state index contributed by atoms with van der Waals surface area (Å²) in [5.41, 5.74) is 7.72. The van der Waals surface area contributed by atoms with Gasteiger partial charge in [-0.15, -0.1) is 0 Å². The summed E-state index contributed by atoms with van der Waals surface area (Å²) in [6.07, 6.45) is 4.01. The highest BCUT2D eigenvalue weighted by molar-refractivity contribution is 9.10. The number of primary amides is 1. The average Bonchev–Trinajstić information content (AvgIpc) is 3.61. The number of rotatable bonds is 7. The van der Waals surface area contributed by atoms with Crippen molar-refractivity contribution < 1.29 is 18.7 Å². The Bertz CT molecular complexity index is 1490. The fourth-order valence-electron chi connectivity index (χ4n) is 3.80. The summed E-state index contributed by atoms with van der Waals surface area (Å²) in [6, 6.07) is 14.0. The maximum Gasteiger partial charge on any atom is 0.413 e. The predicted molar refractivity (Wildman–Crippen MR) is 140 cm³/mol. The molecule has 3 N–H and O–H groups in total. The topological polar surface area (TPSA) is 103 Å². The van der Waals surface area contributed by atoms with E-state index in [9.17, 15) is 9.59 Å². The van der Waals surface area contributed by atoms with E-state index < -0.39 is 12.0 Å². The van der Waals surface area contributed by atoms with Crippen LogP contribution < -0.4 is 15.5 Å². The second-order valence-corrected chi connectivity index (χ2v) is 10.2. The smallest absolute Gasteiger partial charge is 0.413 e. The number of benzene rings is 2. The molecular weight excluding hydrogens is 569 g/mol. The van der Waals surface area contributed by atoms with Gasteiger partial charge >= 0.3 is 12.0 Å². The highest BCUT2D eigenvalue weighted by atomic mass is 79.9. The fourth-order valence-corrected chi connectivity index (χ4v) is 4.85. The van der Waals surface area contributed by atoms with Crippen molar-refractivity contribution in [3.63, 3.8) is 0 Å². The number of nitrogens with two attached hydrogens (primary N) is 1. The number of aromatic nitrogens is 3. The molecule has 1 aliphatic rings. The summed E-state index contributed by atoms with van der Waals surface area (Å²) >= 11 is 16.7. The molecule has 4 aromatic rings. The molecule has 11 heteroatoms. The van der Waals surface area contributed by atoms with Crippen LogP contribution in [0.4, 0.5) is 16.2 Å². The summed E-state index contributed by atoms with van der Waals surface area (Å²) in [7, 11) is 0. The van der Waals surface area contributed by atoms with Crippen molar-refractivity contribution in [3.8, 4) is 0 Å². The molecule has 2 aromatic heterocycles. The third-order valence-corrected chi connectivity index (χ3v) is 7.00. The van der Waals surface area contributed by atoms with Crippen molar-refractivity contribution in [2.45, 2.75) is 19.3 Å². The van der Waals surface area contributed by atoms with Gasteiger partial charge < -0.3 is 15.8 Å². The summed E-state index contributed by atoms with van der Waals surface area (Å²) in [5, 5.41) is 8.03. The van der Waals surface area contributed by atoms with Gasteiger partial charge in [-0.25, -0.2) is 9.59 Å². The third-order valence-electron chi connectivity index (χ3n) is 5.84. The van der Waals surface area contributed by atoms with Crippen molar-refractivity contribution in [2.24, 2.45) is 11.7 Å². The Balaban J connectivity index is 1.68. The number of fused-ring (bicyclic) bond motifs is 1. The van der Waals surface area contributed by atoms with Crippen LogP contribution in [0.5, 0.6) is 0 Å². The number of ether oxygens (including phenoxy) is 1. The van der Waals surface area contributed by atoms with Crippen LogP contribution in [0.15, 0.2) is 59.2 Å². The molecule has 2 aromatic carbocycles. The van der Waals surface area contributed by atoms with Gasteiger partial charge in [-0.3, -0.25) is 0 Å². The van der Waals surface area contributed by atoms with Gasteiger partial charge in [0.25, 0.3) is 11.5 Å². The molecule has 184 valence electrons. The zero-order valence-corrected chi connectivity index (χ0v) is 22.0. The van der Waals surface area contributed by atoms with Gasteiger partial charge in [0.1, 0.15) is 10.6 Å². The number of anilines is 2. The zero-order valence-electron chi connectivity index (χ0n) is 18.9. The third kappa shape index (κ3) is 5.04. The van der Waals surface area contributed by atoms with Gasteiger partial charge in [0.15, 0.2) is 0 Å². The fraction of sp³-hybridized carbons (Fsp3) is 0.200. The van der Waals surface area contributed by atoms with E-state index in [2.05, 4.69) is 26.3 Å². The molecule has 0 bridgehead atoms. The summed E-state index contributed by atoms with van der Waals surface area (Å²) in [4.78, 5) is 25.5. The lowest BCUT2D eigenvalue weighted by atomic mass is 10.1. The highest BCUT2D eigenvalue weighted by Gasteiger charge is 2.32. The number of amides is 1. The van der Waals surface area contributed by atoms with Gasteiger partial charge in [-0.1, -0.05) is 69.5 Å². The van der Waals surface area contributed by atoms with E-state index in [-0.39, 0.29) is 21.9 Å². The van der Waals surface area contributed by atoms with Crippen molar-refractivity contribution in [1.82, 2.24) is 9.78 Å². The van der Waals surface area contributed by atoms with Gasteiger partial charge in [0.05, 0.1) is 40.7 Å². The molecule has 0 atom stereocenters. The Morgan fingerprint density at radius 1 is 1.19 bits per heavy atom. The predicted octanol–water partition coefficient (Wildman–Crippen LogP) is 5.52. The molecule has 8 nitrogen and oxygen atoms in total. The average molecular weight is 590 g/mol.